The lowest BCUT2D eigenvalue weighted by Gasteiger charge is -2.36. The molecule has 0 aliphatic carbocycles. The van der Waals surface area contributed by atoms with Crippen LogP contribution in [0.15, 0.2) is 6.07 Å². The van der Waals surface area contributed by atoms with Crippen LogP contribution in [0.4, 0.5) is 0 Å². The second-order valence-corrected chi connectivity index (χ2v) is 5.05. The van der Waals surface area contributed by atoms with Crippen LogP contribution in [-0.4, -0.2) is 58.1 Å². The number of piperazine rings is 1. The first-order valence-electron chi connectivity index (χ1n) is 6.69. The van der Waals surface area contributed by atoms with Gasteiger partial charge in [-0.3, -0.25) is 14.8 Å². The minimum Gasteiger partial charge on any atom is -0.335 e. The molecule has 0 spiro atoms. The predicted molar refractivity (Wildman–Crippen MR) is 70.6 cm³/mol. The smallest absolute Gasteiger partial charge is 0.274 e. The second kappa shape index (κ2) is 5.52. The molecule has 1 N–H and O–H groups in total. The Kier molecular flexibility index (Phi) is 4.01. The van der Waals surface area contributed by atoms with E-state index in [2.05, 4.69) is 28.9 Å². The maximum atomic E-state index is 12.2. The molecule has 1 aliphatic heterocycles. The van der Waals surface area contributed by atoms with Crippen molar-refractivity contribution in [1.29, 1.82) is 0 Å². The highest BCUT2D eigenvalue weighted by atomic mass is 16.2. The number of carbonyl (C=O) groups is 1. The zero-order valence-electron chi connectivity index (χ0n) is 11.4. The third-order valence-corrected chi connectivity index (χ3v) is 3.56. The van der Waals surface area contributed by atoms with Crippen LogP contribution in [0.25, 0.3) is 0 Å². The van der Waals surface area contributed by atoms with Crippen LogP contribution in [0.2, 0.25) is 0 Å². The van der Waals surface area contributed by atoms with Gasteiger partial charge in [0.05, 0.1) is 0 Å². The van der Waals surface area contributed by atoms with Gasteiger partial charge in [0.2, 0.25) is 0 Å². The standard InChI is InChI=1S/C13H22N4O/c1-4-11-9-12(15-14-11)13(18)17-7-5-16(6-8-17)10(2)3/h9-10H,4-8H2,1-3H3,(H,14,15). The first-order valence-corrected chi connectivity index (χ1v) is 6.69. The van der Waals surface area contributed by atoms with Crippen LogP contribution in [-0.2, 0) is 6.42 Å². The highest BCUT2D eigenvalue weighted by Crippen LogP contribution is 2.10. The van der Waals surface area contributed by atoms with Crippen molar-refractivity contribution >= 4 is 5.91 Å². The highest BCUT2D eigenvalue weighted by Gasteiger charge is 2.24. The van der Waals surface area contributed by atoms with Crippen LogP contribution >= 0.6 is 0 Å². The molecule has 18 heavy (non-hydrogen) atoms. The molecule has 0 aromatic carbocycles. The van der Waals surface area contributed by atoms with Crippen molar-refractivity contribution in [1.82, 2.24) is 20.0 Å². The van der Waals surface area contributed by atoms with E-state index < -0.39 is 0 Å². The summed E-state index contributed by atoms with van der Waals surface area (Å²) in [6, 6.07) is 2.41. The van der Waals surface area contributed by atoms with Gasteiger partial charge in [-0.25, -0.2) is 0 Å². The molecular weight excluding hydrogens is 228 g/mol. The summed E-state index contributed by atoms with van der Waals surface area (Å²) >= 11 is 0. The summed E-state index contributed by atoms with van der Waals surface area (Å²) in [7, 11) is 0. The van der Waals surface area contributed by atoms with E-state index in [4.69, 9.17) is 0 Å². The van der Waals surface area contributed by atoms with Crippen molar-refractivity contribution in [3.63, 3.8) is 0 Å². The summed E-state index contributed by atoms with van der Waals surface area (Å²) in [5.41, 5.74) is 1.56. The number of hydrogen-bond acceptors (Lipinski definition) is 3. The summed E-state index contributed by atoms with van der Waals surface area (Å²) in [5.74, 6) is 0.0503. The van der Waals surface area contributed by atoms with E-state index in [0.717, 1.165) is 38.3 Å². The molecule has 1 saturated heterocycles. The van der Waals surface area contributed by atoms with Gasteiger partial charge in [0.1, 0.15) is 5.69 Å². The lowest BCUT2D eigenvalue weighted by Crippen LogP contribution is -2.50. The maximum Gasteiger partial charge on any atom is 0.274 e. The van der Waals surface area contributed by atoms with Gasteiger partial charge in [-0.05, 0) is 26.3 Å². The third kappa shape index (κ3) is 2.72. The van der Waals surface area contributed by atoms with E-state index in [1.54, 1.807) is 0 Å². The summed E-state index contributed by atoms with van der Waals surface area (Å²) in [5, 5.41) is 6.98. The van der Waals surface area contributed by atoms with E-state index in [-0.39, 0.29) is 5.91 Å². The molecule has 1 aliphatic rings. The SMILES string of the molecule is CCc1cc(C(=O)N2CCN(C(C)C)CC2)n[nH]1. The quantitative estimate of drug-likeness (QED) is 0.875. The first-order chi connectivity index (χ1) is 8.61. The van der Waals surface area contributed by atoms with Gasteiger partial charge in [-0.2, -0.15) is 5.10 Å². The molecule has 1 amide bonds. The summed E-state index contributed by atoms with van der Waals surface area (Å²) < 4.78 is 0. The minimum atomic E-state index is 0.0503. The van der Waals surface area contributed by atoms with Crippen LogP contribution in [0.3, 0.4) is 0 Å². The normalized spacial score (nSPS) is 17.4. The molecule has 5 heteroatoms. The van der Waals surface area contributed by atoms with Crippen LogP contribution in [0.5, 0.6) is 0 Å². The van der Waals surface area contributed by atoms with Crippen molar-refractivity contribution in [3.8, 4) is 0 Å². The number of nitrogens with one attached hydrogen (secondary N) is 1. The fraction of sp³-hybridized carbons (Fsp3) is 0.692. The van der Waals surface area contributed by atoms with E-state index in [0.29, 0.717) is 11.7 Å². The number of carbonyl (C=O) groups excluding carboxylic acids is 1. The van der Waals surface area contributed by atoms with E-state index in [9.17, 15) is 4.79 Å². The molecule has 5 nitrogen and oxygen atoms in total. The van der Waals surface area contributed by atoms with Gasteiger partial charge in [0, 0.05) is 37.9 Å². The molecule has 0 atom stereocenters. The Morgan fingerprint density at radius 2 is 2.06 bits per heavy atom. The van der Waals surface area contributed by atoms with Crippen LogP contribution in [0, 0.1) is 0 Å². The average Bonchev–Trinajstić information content (AvgIpc) is 2.86. The second-order valence-electron chi connectivity index (χ2n) is 5.05. The Balaban J connectivity index is 1.95. The highest BCUT2D eigenvalue weighted by molar-refractivity contribution is 5.92. The Morgan fingerprint density at radius 1 is 1.39 bits per heavy atom. The zero-order valence-corrected chi connectivity index (χ0v) is 11.4. The molecule has 1 aromatic heterocycles. The molecule has 0 saturated carbocycles. The van der Waals surface area contributed by atoms with Gasteiger partial charge in [-0.1, -0.05) is 6.92 Å². The van der Waals surface area contributed by atoms with E-state index in [1.165, 1.54) is 0 Å². The Hall–Kier alpha value is -1.36. The number of hydrogen-bond donors (Lipinski definition) is 1. The molecule has 100 valence electrons. The summed E-state index contributed by atoms with van der Waals surface area (Å²) in [6.45, 7) is 9.93. The molecule has 2 rings (SSSR count). The van der Waals surface area contributed by atoms with Crippen molar-refractivity contribution in [2.24, 2.45) is 0 Å². The molecule has 1 fully saturated rings. The Bertz CT molecular complexity index is 405. The lowest BCUT2D eigenvalue weighted by atomic mass is 10.2. The Morgan fingerprint density at radius 3 is 2.56 bits per heavy atom. The molecule has 0 radical (unpaired) electrons. The van der Waals surface area contributed by atoms with Crippen LogP contribution in [0.1, 0.15) is 37.0 Å². The molecule has 2 heterocycles. The number of amides is 1. The fourth-order valence-electron chi connectivity index (χ4n) is 2.26. The minimum absolute atomic E-state index is 0.0503. The number of aromatic amines is 1. The van der Waals surface area contributed by atoms with E-state index >= 15 is 0 Å². The topological polar surface area (TPSA) is 52.2 Å². The van der Waals surface area contributed by atoms with Crippen molar-refractivity contribution in [3.05, 3.63) is 17.5 Å². The third-order valence-electron chi connectivity index (χ3n) is 3.56. The summed E-state index contributed by atoms with van der Waals surface area (Å²) in [4.78, 5) is 16.5. The number of aryl methyl sites for hydroxylation is 1. The number of nitrogens with zero attached hydrogens (tertiary/aromatic N) is 3. The van der Waals surface area contributed by atoms with Gasteiger partial charge in [-0.15, -0.1) is 0 Å². The van der Waals surface area contributed by atoms with Gasteiger partial charge in [0.25, 0.3) is 5.91 Å². The zero-order chi connectivity index (χ0) is 13.1. The summed E-state index contributed by atoms with van der Waals surface area (Å²) in [6.07, 6.45) is 0.876. The fourth-order valence-corrected chi connectivity index (χ4v) is 2.26. The monoisotopic (exact) mass is 250 g/mol. The average molecular weight is 250 g/mol. The largest absolute Gasteiger partial charge is 0.335 e. The molecule has 1 aromatic rings. The van der Waals surface area contributed by atoms with Gasteiger partial charge >= 0.3 is 0 Å². The van der Waals surface area contributed by atoms with Crippen molar-refractivity contribution in [2.75, 3.05) is 26.2 Å². The number of H-pyrrole nitrogens is 1. The van der Waals surface area contributed by atoms with E-state index in [1.807, 2.05) is 17.9 Å². The molecular formula is C13H22N4O. The number of aromatic nitrogens is 2. The van der Waals surface area contributed by atoms with Crippen LogP contribution < -0.4 is 0 Å². The molecule has 0 bridgehead atoms. The number of rotatable bonds is 3. The van der Waals surface area contributed by atoms with Crippen molar-refractivity contribution in [2.45, 2.75) is 33.2 Å². The predicted octanol–water partition coefficient (Wildman–Crippen LogP) is 1.14. The lowest BCUT2D eigenvalue weighted by molar-refractivity contribution is 0.0590. The maximum absolute atomic E-state index is 12.2. The first kappa shape index (κ1) is 13.1. The Labute approximate surface area is 108 Å². The van der Waals surface area contributed by atoms with Gasteiger partial charge < -0.3 is 4.90 Å². The molecule has 0 unspecified atom stereocenters. The van der Waals surface area contributed by atoms with Crippen molar-refractivity contribution < 1.29 is 4.79 Å². The van der Waals surface area contributed by atoms with Gasteiger partial charge in [0.15, 0.2) is 0 Å².